The molecule has 0 bridgehead atoms. The Bertz CT molecular complexity index is 803. The molecule has 162 valence electrons. The highest BCUT2D eigenvalue weighted by Crippen LogP contribution is 2.26. The Kier molecular flexibility index (Phi) is 7.03. The van der Waals surface area contributed by atoms with Gasteiger partial charge in [0.1, 0.15) is 0 Å². The molecule has 1 fully saturated rings. The Morgan fingerprint density at radius 2 is 1.57 bits per heavy atom. The van der Waals surface area contributed by atoms with Crippen LogP contribution >= 0.6 is 0 Å². The van der Waals surface area contributed by atoms with E-state index >= 15 is 0 Å². The van der Waals surface area contributed by atoms with Crippen molar-refractivity contribution in [2.75, 3.05) is 56.6 Å². The lowest BCUT2D eigenvalue weighted by molar-refractivity contribution is -0.128. The molecule has 3 rings (SSSR count). The van der Waals surface area contributed by atoms with Gasteiger partial charge >= 0.3 is 0 Å². The van der Waals surface area contributed by atoms with Crippen molar-refractivity contribution in [3.8, 4) is 0 Å². The minimum Gasteiger partial charge on any atom is -0.378 e. The van der Waals surface area contributed by atoms with E-state index in [-0.39, 0.29) is 17.4 Å². The van der Waals surface area contributed by atoms with Gasteiger partial charge in [0.05, 0.1) is 6.04 Å². The summed E-state index contributed by atoms with van der Waals surface area (Å²) < 4.78 is 0. The van der Waals surface area contributed by atoms with Crippen molar-refractivity contribution in [2.45, 2.75) is 26.8 Å². The molecule has 0 spiro atoms. The highest BCUT2D eigenvalue weighted by atomic mass is 16.2. The van der Waals surface area contributed by atoms with Crippen molar-refractivity contribution < 1.29 is 4.79 Å². The van der Waals surface area contributed by atoms with Crippen LogP contribution in [0.5, 0.6) is 0 Å². The van der Waals surface area contributed by atoms with Gasteiger partial charge in [0.2, 0.25) is 5.91 Å². The van der Waals surface area contributed by atoms with E-state index in [1.165, 1.54) is 16.9 Å². The average molecular weight is 409 g/mol. The molecule has 0 aromatic heterocycles. The lowest BCUT2D eigenvalue weighted by Crippen LogP contribution is -2.50. The summed E-state index contributed by atoms with van der Waals surface area (Å²) >= 11 is 0. The largest absolute Gasteiger partial charge is 0.378 e. The van der Waals surface area contributed by atoms with Gasteiger partial charge in [-0.25, -0.2) is 0 Å². The van der Waals surface area contributed by atoms with E-state index in [1.54, 1.807) is 0 Å². The first-order valence-corrected chi connectivity index (χ1v) is 10.9. The number of piperazine rings is 1. The minimum absolute atomic E-state index is 0.0975. The van der Waals surface area contributed by atoms with Crippen LogP contribution in [0.15, 0.2) is 54.6 Å². The third-order valence-corrected chi connectivity index (χ3v) is 5.81. The van der Waals surface area contributed by atoms with Gasteiger partial charge in [-0.1, -0.05) is 51.1 Å². The number of nitrogens with zero attached hydrogens (tertiary/aromatic N) is 3. The van der Waals surface area contributed by atoms with Crippen LogP contribution in [0.1, 0.15) is 32.4 Å². The molecule has 0 aliphatic carbocycles. The summed E-state index contributed by atoms with van der Waals surface area (Å²) in [5, 5.41) is 3.19. The third kappa shape index (κ3) is 5.54. The summed E-state index contributed by atoms with van der Waals surface area (Å²) in [5.41, 5.74) is 3.34. The molecule has 1 saturated heterocycles. The van der Waals surface area contributed by atoms with Crippen molar-refractivity contribution in [2.24, 2.45) is 5.41 Å². The smallest absolute Gasteiger partial charge is 0.225 e. The van der Waals surface area contributed by atoms with Crippen molar-refractivity contribution in [3.05, 3.63) is 60.2 Å². The summed E-state index contributed by atoms with van der Waals surface area (Å²) in [7, 11) is 4.11. The zero-order valence-corrected chi connectivity index (χ0v) is 19.1. The SMILES string of the molecule is CN(C)c1ccc(C(CNC(=O)C(C)(C)C)N2CCN(c3ccccc3)CC2)cc1. The maximum absolute atomic E-state index is 12.5. The van der Waals surface area contributed by atoms with E-state index in [9.17, 15) is 4.79 Å². The lowest BCUT2D eigenvalue weighted by atomic mass is 9.95. The third-order valence-electron chi connectivity index (χ3n) is 5.81. The quantitative estimate of drug-likeness (QED) is 0.790. The van der Waals surface area contributed by atoms with Crippen molar-refractivity contribution in [1.29, 1.82) is 0 Å². The Labute approximate surface area is 181 Å². The fourth-order valence-corrected chi connectivity index (χ4v) is 3.84. The fraction of sp³-hybridized carbons (Fsp3) is 0.480. The van der Waals surface area contributed by atoms with E-state index in [1.807, 2.05) is 20.8 Å². The first-order valence-electron chi connectivity index (χ1n) is 10.9. The van der Waals surface area contributed by atoms with Gasteiger partial charge in [-0.2, -0.15) is 0 Å². The number of hydrogen-bond donors (Lipinski definition) is 1. The van der Waals surface area contributed by atoms with E-state index < -0.39 is 0 Å². The van der Waals surface area contributed by atoms with Gasteiger partial charge in [0, 0.05) is 63.6 Å². The predicted octanol–water partition coefficient (Wildman–Crippen LogP) is 3.78. The zero-order chi connectivity index (χ0) is 21.7. The molecule has 0 radical (unpaired) electrons. The van der Waals surface area contributed by atoms with E-state index in [0.717, 1.165) is 26.2 Å². The fourth-order valence-electron chi connectivity index (χ4n) is 3.84. The maximum Gasteiger partial charge on any atom is 0.225 e. The summed E-state index contributed by atoms with van der Waals surface area (Å²) in [4.78, 5) is 19.6. The highest BCUT2D eigenvalue weighted by molar-refractivity contribution is 5.81. The van der Waals surface area contributed by atoms with Crippen LogP contribution in [0, 0.1) is 5.41 Å². The number of hydrogen-bond acceptors (Lipinski definition) is 4. The number of carbonyl (C=O) groups is 1. The molecule has 1 aliphatic rings. The molecule has 0 saturated carbocycles. The Balaban J connectivity index is 1.73. The van der Waals surface area contributed by atoms with E-state index in [4.69, 9.17) is 0 Å². The molecule has 1 N–H and O–H groups in total. The Morgan fingerprint density at radius 3 is 2.10 bits per heavy atom. The summed E-state index contributed by atoms with van der Waals surface area (Å²) in [6, 6.07) is 19.5. The van der Waals surface area contributed by atoms with Crippen LogP contribution in [0.4, 0.5) is 11.4 Å². The van der Waals surface area contributed by atoms with Gasteiger partial charge in [0.25, 0.3) is 0 Å². The molecule has 30 heavy (non-hydrogen) atoms. The van der Waals surface area contributed by atoms with Crippen molar-refractivity contribution in [3.63, 3.8) is 0 Å². The van der Waals surface area contributed by atoms with Crippen LogP contribution in [0.3, 0.4) is 0 Å². The lowest BCUT2D eigenvalue weighted by Gasteiger charge is -2.40. The molecule has 1 amide bonds. The monoisotopic (exact) mass is 408 g/mol. The number of anilines is 2. The van der Waals surface area contributed by atoms with Crippen LogP contribution < -0.4 is 15.1 Å². The van der Waals surface area contributed by atoms with Crippen LogP contribution in [-0.2, 0) is 4.79 Å². The molecule has 1 unspecified atom stereocenters. The van der Waals surface area contributed by atoms with Gasteiger partial charge in [-0.15, -0.1) is 0 Å². The molecular formula is C25H36N4O. The number of carbonyl (C=O) groups excluding carboxylic acids is 1. The molecule has 1 aliphatic heterocycles. The molecule has 2 aromatic rings. The van der Waals surface area contributed by atoms with Crippen LogP contribution in [0.25, 0.3) is 0 Å². The second-order valence-corrected chi connectivity index (χ2v) is 9.32. The summed E-state index contributed by atoms with van der Waals surface area (Å²) in [6.07, 6.45) is 0. The van der Waals surface area contributed by atoms with Crippen molar-refractivity contribution in [1.82, 2.24) is 10.2 Å². The first-order chi connectivity index (χ1) is 14.3. The Morgan fingerprint density at radius 1 is 0.967 bits per heavy atom. The van der Waals surface area contributed by atoms with Gasteiger partial charge in [-0.3, -0.25) is 9.69 Å². The van der Waals surface area contributed by atoms with E-state index in [0.29, 0.717) is 6.54 Å². The normalized spacial score (nSPS) is 16.2. The average Bonchev–Trinajstić information content (AvgIpc) is 2.74. The van der Waals surface area contributed by atoms with Crippen LogP contribution in [0.2, 0.25) is 0 Å². The van der Waals surface area contributed by atoms with Gasteiger partial charge in [-0.05, 0) is 29.8 Å². The van der Waals surface area contributed by atoms with Gasteiger partial charge in [0.15, 0.2) is 0 Å². The summed E-state index contributed by atoms with van der Waals surface area (Å²) in [6.45, 7) is 10.4. The first kappa shape index (κ1) is 22.2. The van der Waals surface area contributed by atoms with E-state index in [2.05, 4.69) is 88.7 Å². The standard InChI is InChI=1S/C25H36N4O/c1-25(2,3)24(30)26-19-23(20-11-13-21(14-12-20)27(4)5)29-17-15-28(16-18-29)22-9-7-6-8-10-22/h6-14,23H,15-19H2,1-5H3,(H,26,30). The second kappa shape index (κ2) is 9.52. The number of para-hydroxylation sites is 1. The molecule has 1 heterocycles. The number of nitrogens with one attached hydrogen (secondary N) is 1. The van der Waals surface area contributed by atoms with Gasteiger partial charge < -0.3 is 15.1 Å². The molecule has 2 aromatic carbocycles. The Hall–Kier alpha value is -2.53. The topological polar surface area (TPSA) is 38.8 Å². The minimum atomic E-state index is -0.384. The maximum atomic E-state index is 12.5. The number of rotatable bonds is 6. The van der Waals surface area contributed by atoms with Crippen LogP contribution in [-0.4, -0.2) is 57.6 Å². The number of benzene rings is 2. The zero-order valence-electron chi connectivity index (χ0n) is 19.1. The predicted molar refractivity (Wildman–Crippen MR) is 126 cm³/mol. The summed E-state index contributed by atoms with van der Waals surface area (Å²) in [5.74, 6) is 0.0975. The highest BCUT2D eigenvalue weighted by Gasteiger charge is 2.28. The molecule has 5 heteroatoms. The second-order valence-electron chi connectivity index (χ2n) is 9.32. The van der Waals surface area contributed by atoms with Crippen molar-refractivity contribution >= 4 is 17.3 Å². The molecule has 1 atom stereocenters. The molecular weight excluding hydrogens is 372 g/mol. The molecule has 5 nitrogen and oxygen atoms in total. The number of amides is 1.